The van der Waals surface area contributed by atoms with E-state index in [0.29, 0.717) is 11.3 Å². The smallest absolute Gasteiger partial charge is 0.131 e. The van der Waals surface area contributed by atoms with Crippen molar-refractivity contribution in [1.29, 1.82) is 0 Å². The summed E-state index contributed by atoms with van der Waals surface area (Å²) in [6, 6.07) is 0. The lowest BCUT2D eigenvalue weighted by molar-refractivity contribution is 0.167. The fourth-order valence-corrected chi connectivity index (χ4v) is 2.87. The number of aromatic nitrogens is 2. The highest BCUT2D eigenvalue weighted by molar-refractivity contribution is 5.07. The van der Waals surface area contributed by atoms with Gasteiger partial charge in [0.05, 0.1) is 6.61 Å². The van der Waals surface area contributed by atoms with Gasteiger partial charge in [-0.15, -0.1) is 0 Å². The minimum absolute atomic E-state index is 0.0248. The molecule has 1 aliphatic carbocycles. The molecule has 0 radical (unpaired) electrons. The van der Waals surface area contributed by atoms with Crippen LogP contribution in [0.3, 0.4) is 0 Å². The Morgan fingerprint density at radius 3 is 2.11 bits per heavy atom. The van der Waals surface area contributed by atoms with E-state index in [1.807, 2.05) is 0 Å². The number of aliphatic hydroxyl groups excluding tert-OH is 1. The number of hydrogen-bond donors (Lipinski definition) is 1. The van der Waals surface area contributed by atoms with Crippen molar-refractivity contribution in [1.82, 2.24) is 9.97 Å². The van der Waals surface area contributed by atoms with E-state index < -0.39 is 0 Å². The Labute approximate surface area is 110 Å². The summed E-state index contributed by atoms with van der Waals surface area (Å²) in [7, 11) is 0. The van der Waals surface area contributed by atoms with Crippen molar-refractivity contribution >= 4 is 0 Å². The Morgan fingerprint density at radius 2 is 1.67 bits per heavy atom. The summed E-state index contributed by atoms with van der Waals surface area (Å²) >= 11 is 0. The largest absolute Gasteiger partial charge is 0.392 e. The minimum Gasteiger partial charge on any atom is -0.392 e. The topological polar surface area (TPSA) is 46.0 Å². The fraction of sp³-hybridized carbons (Fsp3) is 0.733. The van der Waals surface area contributed by atoms with Crippen LogP contribution in [0, 0.1) is 11.3 Å². The molecule has 1 aliphatic rings. The first-order valence-corrected chi connectivity index (χ1v) is 6.92. The first-order chi connectivity index (χ1) is 8.50. The maximum atomic E-state index is 8.98. The van der Waals surface area contributed by atoms with Crippen molar-refractivity contribution in [3.05, 3.63) is 23.8 Å². The molecule has 0 amide bonds. The van der Waals surface area contributed by atoms with Gasteiger partial charge in [-0.1, -0.05) is 20.8 Å². The maximum Gasteiger partial charge on any atom is 0.131 e. The Balaban J connectivity index is 1.96. The van der Waals surface area contributed by atoms with E-state index in [2.05, 4.69) is 30.7 Å². The third-order valence-corrected chi connectivity index (χ3v) is 4.22. The van der Waals surface area contributed by atoms with E-state index in [1.165, 1.54) is 25.7 Å². The Kier molecular flexibility index (Phi) is 4.00. The van der Waals surface area contributed by atoms with Gasteiger partial charge >= 0.3 is 0 Å². The molecule has 3 heteroatoms. The molecule has 0 aromatic carbocycles. The SMILES string of the molecule is CC(C)(C)C1CCC(c2ncc(CO)cn2)CC1. The fourth-order valence-electron chi connectivity index (χ4n) is 2.87. The number of aliphatic hydroxyl groups is 1. The monoisotopic (exact) mass is 248 g/mol. The van der Waals surface area contributed by atoms with Gasteiger partial charge in [0.2, 0.25) is 0 Å². The van der Waals surface area contributed by atoms with Crippen molar-refractivity contribution in [2.75, 3.05) is 0 Å². The number of rotatable bonds is 2. The van der Waals surface area contributed by atoms with Crippen LogP contribution in [0.2, 0.25) is 0 Å². The van der Waals surface area contributed by atoms with Gasteiger partial charge in [0.1, 0.15) is 5.82 Å². The van der Waals surface area contributed by atoms with Crippen molar-refractivity contribution in [2.24, 2.45) is 11.3 Å². The number of nitrogens with zero attached hydrogens (tertiary/aromatic N) is 2. The van der Waals surface area contributed by atoms with E-state index in [1.54, 1.807) is 12.4 Å². The van der Waals surface area contributed by atoms with Crippen LogP contribution in [0.5, 0.6) is 0 Å². The van der Waals surface area contributed by atoms with E-state index in [-0.39, 0.29) is 6.61 Å². The van der Waals surface area contributed by atoms with Crippen LogP contribution in [0.1, 0.15) is 63.8 Å². The summed E-state index contributed by atoms with van der Waals surface area (Å²) < 4.78 is 0. The molecule has 0 bridgehead atoms. The van der Waals surface area contributed by atoms with Gasteiger partial charge in [-0.05, 0) is 37.0 Å². The van der Waals surface area contributed by atoms with Crippen LogP contribution in [0.15, 0.2) is 12.4 Å². The van der Waals surface area contributed by atoms with Crippen LogP contribution in [-0.4, -0.2) is 15.1 Å². The summed E-state index contributed by atoms with van der Waals surface area (Å²) in [5.41, 5.74) is 1.22. The molecule has 1 saturated carbocycles. The minimum atomic E-state index is 0.0248. The van der Waals surface area contributed by atoms with E-state index >= 15 is 0 Å². The highest BCUT2D eigenvalue weighted by Crippen LogP contribution is 2.42. The summed E-state index contributed by atoms with van der Waals surface area (Å²) in [5, 5.41) is 8.98. The maximum absolute atomic E-state index is 8.98. The van der Waals surface area contributed by atoms with Crippen LogP contribution < -0.4 is 0 Å². The summed E-state index contributed by atoms with van der Waals surface area (Å²) in [6.45, 7) is 7.04. The van der Waals surface area contributed by atoms with Crippen molar-refractivity contribution < 1.29 is 5.11 Å². The second-order valence-corrected chi connectivity index (χ2v) is 6.52. The first kappa shape index (κ1) is 13.5. The van der Waals surface area contributed by atoms with Crippen LogP contribution >= 0.6 is 0 Å². The van der Waals surface area contributed by atoms with Gasteiger partial charge in [-0.25, -0.2) is 9.97 Å². The van der Waals surface area contributed by atoms with Crippen LogP contribution in [0.25, 0.3) is 0 Å². The van der Waals surface area contributed by atoms with E-state index in [9.17, 15) is 0 Å². The van der Waals surface area contributed by atoms with Gasteiger partial charge in [-0.2, -0.15) is 0 Å². The third kappa shape index (κ3) is 3.08. The average molecular weight is 248 g/mol. The van der Waals surface area contributed by atoms with Crippen molar-refractivity contribution in [3.63, 3.8) is 0 Å². The molecule has 0 saturated heterocycles. The van der Waals surface area contributed by atoms with E-state index in [4.69, 9.17) is 5.11 Å². The molecule has 100 valence electrons. The summed E-state index contributed by atoms with van der Waals surface area (Å²) in [5.74, 6) is 2.29. The average Bonchev–Trinajstić information content (AvgIpc) is 2.38. The predicted octanol–water partition coefficient (Wildman–Crippen LogP) is 3.29. The lowest BCUT2D eigenvalue weighted by Crippen LogP contribution is -2.25. The van der Waals surface area contributed by atoms with Gasteiger partial charge in [0, 0.05) is 23.9 Å². The zero-order chi connectivity index (χ0) is 13.2. The molecule has 1 N–H and O–H groups in total. The Bertz CT molecular complexity index is 372. The molecule has 0 unspecified atom stereocenters. The highest BCUT2D eigenvalue weighted by Gasteiger charge is 2.30. The van der Waals surface area contributed by atoms with Gasteiger partial charge in [0.25, 0.3) is 0 Å². The lowest BCUT2D eigenvalue weighted by Gasteiger charge is -2.36. The summed E-state index contributed by atoms with van der Waals surface area (Å²) in [6.07, 6.45) is 8.44. The van der Waals surface area contributed by atoms with Crippen LogP contribution in [0.4, 0.5) is 0 Å². The second-order valence-electron chi connectivity index (χ2n) is 6.52. The molecule has 2 rings (SSSR count). The quantitative estimate of drug-likeness (QED) is 0.873. The normalized spacial score (nSPS) is 25.1. The molecule has 1 heterocycles. The zero-order valence-corrected chi connectivity index (χ0v) is 11.7. The van der Waals surface area contributed by atoms with Gasteiger partial charge in [-0.3, -0.25) is 0 Å². The first-order valence-electron chi connectivity index (χ1n) is 6.92. The van der Waals surface area contributed by atoms with Gasteiger partial charge in [0.15, 0.2) is 0 Å². The zero-order valence-electron chi connectivity index (χ0n) is 11.7. The van der Waals surface area contributed by atoms with Crippen molar-refractivity contribution in [3.8, 4) is 0 Å². The van der Waals surface area contributed by atoms with Crippen molar-refractivity contribution in [2.45, 2.75) is 59.0 Å². The molecule has 1 fully saturated rings. The molecule has 1 aromatic heterocycles. The Hall–Kier alpha value is -0.960. The molecular formula is C15H24N2O. The molecule has 3 nitrogen and oxygen atoms in total. The third-order valence-electron chi connectivity index (χ3n) is 4.22. The molecular weight excluding hydrogens is 224 g/mol. The molecule has 0 spiro atoms. The molecule has 0 aliphatic heterocycles. The number of hydrogen-bond acceptors (Lipinski definition) is 3. The highest BCUT2D eigenvalue weighted by atomic mass is 16.3. The van der Waals surface area contributed by atoms with Crippen LogP contribution in [-0.2, 0) is 6.61 Å². The molecule has 0 atom stereocenters. The summed E-state index contributed by atoms with van der Waals surface area (Å²) in [4.78, 5) is 8.78. The lowest BCUT2D eigenvalue weighted by atomic mass is 9.70. The Morgan fingerprint density at radius 1 is 1.11 bits per heavy atom. The predicted molar refractivity (Wildman–Crippen MR) is 72.1 cm³/mol. The van der Waals surface area contributed by atoms with Gasteiger partial charge < -0.3 is 5.11 Å². The molecule has 18 heavy (non-hydrogen) atoms. The second kappa shape index (κ2) is 5.35. The molecule has 1 aromatic rings. The standard InChI is InChI=1S/C15H24N2O/c1-15(2,3)13-6-4-12(5-7-13)14-16-8-11(10-18)9-17-14/h8-9,12-13,18H,4-7,10H2,1-3H3. The van der Waals surface area contributed by atoms with E-state index in [0.717, 1.165) is 17.3 Å².